The van der Waals surface area contributed by atoms with E-state index < -0.39 is 12.1 Å². The zero-order valence-corrected chi connectivity index (χ0v) is 20.8. The fourth-order valence-electron chi connectivity index (χ4n) is 3.58. The van der Waals surface area contributed by atoms with E-state index in [-0.39, 0.29) is 13.2 Å². The molecule has 0 aliphatic carbocycles. The SMILES string of the molecule is C=C(C)C(=O)OC(COc1ccccc1)COc1ccc(OCCOc2ccccc2)c2ccccc12. The van der Waals surface area contributed by atoms with Gasteiger partial charge in [0.15, 0.2) is 6.10 Å². The van der Waals surface area contributed by atoms with Crippen molar-refractivity contribution in [2.75, 3.05) is 26.4 Å². The van der Waals surface area contributed by atoms with Gasteiger partial charge in [0.2, 0.25) is 0 Å². The first-order valence-corrected chi connectivity index (χ1v) is 12.1. The predicted molar refractivity (Wildman–Crippen MR) is 144 cm³/mol. The maximum atomic E-state index is 12.2. The smallest absolute Gasteiger partial charge is 0.333 e. The highest BCUT2D eigenvalue weighted by atomic mass is 16.6. The van der Waals surface area contributed by atoms with Gasteiger partial charge in [0, 0.05) is 16.3 Å². The molecule has 0 heterocycles. The fraction of sp³-hybridized carbons (Fsp3) is 0.194. The molecule has 6 nitrogen and oxygen atoms in total. The van der Waals surface area contributed by atoms with E-state index in [2.05, 4.69) is 6.58 Å². The summed E-state index contributed by atoms with van der Waals surface area (Å²) >= 11 is 0. The predicted octanol–water partition coefficient (Wildman–Crippen LogP) is 6.24. The Morgan fingerprint density at radius 1 is 0.649 bits per heavy atom. The number of esters is 1. The lowest BCUT2D eigenvalue weighted by Gasteiger charge is -2.20. The van der Waals surface area contributed by atoms with Crippen molar-refractivity contribution in [2.45, 2.75) is 13.0 Å². The van der Waals surface area contributed by atoms with Crippen LogP contribution >= 0.6 is 0 Å². The van der Waals surface area contributed by atoms with E-state index in [4.69, 9.17) is 23.7 Å². The molecule has 1 unspecified atom stereocenters. The Kier molecular flexibility index (Phi) is 9.02. The van der Waals surface area contributed by atoms with Crippen molar-refractivity contribution in [3.05, 3.63) is 109 Å². The molecule has 0 amide bonds. The molecule has 190 valence electrons. The molecule has 4 rings (SSSR count). The summed E-state index contributed by atoms with van der Waals surface area (Å²) in [5.41, 5.74) is 0.313. The average Bonchev–Trinajstić information content (AvgIpc) is 2.94. The summed E-state index contributed by atoms with van der Waals surface area (Å²) in [6.07, 6.45) is -0.630. The van der Waals surface area contributed by atoms with Crippen LogP contribution < -0.4 is 18.9 Å². The standard InChI is InChI=1S/C31H30O6/c1-23(2)31(32)37-26(21-35-25-13-7-4-8-14-25)22-36-30-18-17-29(27-15-9-10-16-28(27)30)34-20-19-33-24-11-5-3-6-12-24/h3-18,26H,1,19-22H2,2H3. The third kappa shape index (κ3) is 7.51. The van der Waals surface area contributed by atoms with Gasteiger partial charge in [0.05, 0.1) is 0 Å². The quantitative estimate of drug-likeness (QED) is 0.123. The number of carbonyl (C=O) groups excluding carboxylic acids is 1. The Balaban J connectivity index is 1.41. The summed E-state index contributed by atoms with van der Waals surface area (Å²) in [7, 11) is 0. The highest BCUT2D eigenvalue weighted by molar-refractivity contribution is 5.93. The molecule has 0 N–H and O–H groups in total. The Morgan fingerprint density at radius 3 is 1.73 bits per heavy atom. The second-order valence-corrected chi connectivity index (χ2v) is 8.36. The first-order valence-electron chi connectivity index (χ1n) is 12.1. The minimum Gasteiger partial charge on any atom is -0.490 e. The summed E-state index contributed by atoms with van der Waals surface area (Å²) in [5, 5.41) is 1.80. The van der Waals surface area contributed by atoms with Crippen molar-refractivity contribution in [3.8, 4) is 23.0 Å². The van der Waals surface area contributed by atoms with E-state index in [1.54, 1.807) is 6.92 Å². The van der Waals surface area contributed by atoms with E-state index in [0.29, 0.717) is 30.3 Å². The van der Waals surface area contributed by atoms with Crippen molar-refractivity contribution in [1.82, 2.24) is 0 Å². The molecule has 0 aliphatic heterocycles. The molecule has 0 aliphatic rings. The van der Waals surface area contributed by atoms with Crippen LogP contribution in [0.4, 0.5) is 0 Å². The number of benzene rings is 4. The Hall–Kier alpha value is -4.45. The van der Waals surface area contributed by atoms with E-state index >= 15 is 0 Å². The van der Waals surface area contributed by atoms with Crippen LogP contribution in [0.5, 0.6) is 23.0 Å². The van der Waals surface area contributed by atoms with Gasteiger partial charge in [-0.2, -0.15) is 0 Å². The van der Waals surface area contributed by atoms with Crippen LogP contribution in [-0.4, -0.2) is 38.5 Å². The van der Waals surface area contributed by atoms with Crippen molar-refractivity contribution in [1.29, 1.82) is 0 Å². The molecule has 0 spiro atoms. The van der Waals surface area contributed by atoms with Crippen LogP contribution in [0.25, 0.3) is 10.8 Å². The molecule has 0 saturated carbocycles. The Labute approximate surface area is 217 Å². The molecular formula is C31H30O6. The van der Waals surface area contributed by atoms with Crippen molar-refractivity contribution < 1.29 is 28.5 Å². The van der Waals surface area contributed by atoms with Gasteiger partial charge in [0.1, 0.15) is 49.4 Å². The van der Waals surface area contributed by atoms with Gasteiger partial charge in [-0.1, -0.05) is 67.2 Å². The third-order valence-corrected chi connectivity index (χ3v) is 5.42. The molecule has 6 heteroatoms. The van der Waals surface area contributed by atoms with Gasteiger partial charge in [-0.25, -0.2) is 4.79 Å². The molecule has 37 heavy (non-hydrogen) atoms. The summed E-state index contributed by atoms with van der Waals surface area (Å²) in [6.45, 7) is 6.35. The number of rotatable bonds is 13. The van der Waals surface area contributed by atoms with Crippen LogP contribution in [0.2, 0.25) is 0 Å². The first kappa shape index (κ1) is 25.6. The van der Waals surface area contributed by atoms with Crippen LogP contribution in [0.1, 0.15) is 6.92 Å². The minimum absolute atomic E-state index is 0.112. The second-order valence-electron chi connectivity index (χ2n) is 8.36. The number of fused-ring (bicyclic) bond motifs is 1. The van der Waals surface area contributed by atoms with Gasteiger partial charge in [-0.05, 0) is 43.3 Å². The lowest BCUT2D eigenvalue weighted by atomic mass is 10.1. The van der Waals surface area contributed by atoms with Gasteiger partial charge in [-0.3, -0.25) is 0 Å². The number of hydrogen-bond donors (Lipinski definition) is 0. The zero-order valence-electron chi connectivity index (χ0n) is 20.8. The molecule has 4 aromatic rings. The van der Waals surface area contributed by atoms with Crippen molar-refractivity contribution in [2.24, 2.45) is 0 Å². The molecule has 0 radical (unpaired) electrons. The number of ether oxygens (including phenoxy) is 5. The van der Waals surface area contributed by atoms with E-state index in [9.17, 15) is 4.79 Å². The second kappa shape index (κ2) is 13.0. The number of carbonyl (C=O) groups is 1. The highest BCUT2D eigenvalue weighted by Crippen LogP contribution is 2.33. The molecule has 0 fully saturated rings. The molecule has 0 bridgehead atoms. The summed E-state index contributed by atoms with van der Waals surface area (Å²) < 4.78 is 29.2. The fourth-order valence-corrected chi connectivity index (χ4v) is 3.58. The average molecular weight is 499 g/mol. The van der Waals surface area contributed by atoms with Gasteiger partial charge in [0.25, 0.3) is 0 Å². The lowest BCUT2D eigenvalue weighted by molar-refractivity contribution is -0.147. The topological polar surface area (TPSA) is 63.2 Å². The lowest BCUT2D eigenvalue weighted by Crippen LogP contribution is -2.31. The van der Waals surface area contributed by atoms with Crippen LogP contribution in [-0.2, 0) is 9.53 Å². The Bertz CT molecular complexity index is 1300. The molecule has 4 aromatic carbocycles. The minimum atomic E-state index is -0.630. The van der Waals surface area contributed by atoms with Gasteiger partial charge in [-0.15, -0.1) is 0 Å². The highest BCUT2D eigenvalue weighted by Gasteiger charge is 2.18. The molecule has 0 saturated heterocycles. The largest absolute Gasteiger partial charge is 0.490 e. The van der Waals surface area contributed by atoms with Gasteiger partial charge >= 0.3 is 5.97 Å². The van der Waals surface area contributed by atoms with E-state index in [1.165, 1.54) is 0 Å². The third-order valence-electron chi connectivity index (χ3n) is 5.42. The van der Waals surface area contributed by atoms with Gasteiger partial charge < -0.3 is 23.7 Å². The van der Waals surface area contributed by atoms with Crippen molar-refractivity contribution >= 4 is 16.7 Å². The number of hydrogen-bond acceptors (Lipinski definition) is 6. The maximum absolute atomic E-state index is 12.2. The summed E-state index contributed by atoms with van der Waals surface area (Å²) in [5.74, 6) is 2.38. The Morgan fingerprint density at radius 2 is 1.14 bits per heavy atom. The number of para-hydroxylation sites is 2. The zero-order chi connectivity index (χ0) is 25.9. The summed E-state index contributed by atoms with van der Waals surface area (Å²) in [4.78, 5) is 12.2. The summed E-state index contributed by atoms with van der Waals surface area (Å²) in [6, 6.07) is 30.5. The van der Waals surface area contributed by atoms with E-state index in [0.717, 1.165) is 22.3 Å². The molecule has 1 atom stereocenters. The molecule has 0 aromatic heterocycles. The van der Waals surface area contributed by atoms with Crippen LogP contribution in [0.3, 0.4) is 0 Å². The van der Waals surface area contributed by atoms with Crippen molar-refractivity contribution in [3.63, 3.8) is 0 Å². The van der Waals surface area contributed by atoms with E-state index in [1.807, 2.05) is 97.1 Å². The first-order chi connectivity index (χ1) is 18.1. The van der Waals surface area contributed by atoms with Crippen LogP contribution in [0.15, 0.2) is 109 Å². The molecular weight excluding hydrogens is 468 g/mol. The maximum Gasteiger partial charge on any atom is 0.333 e. The monoisotopic (exact) mass is 498 g/mol. The van der Waals surface area contributed by atoms with Crippen LogP contribution in [0, 0.1) is 0 Å². The normalized spacial score (nSPS) is 11.4.